The Morgan fingerprint density at radius 1 is 1.33 bits per heavy atom. The second-order valence-electron chi connectivity index (χ2n) is 4.52. The smallest absolute Gasteiger partial charge is 0.168 e. The molecule has 0 radical (unpaired) electrons. The van der Waals surface area contributed by atoms with Crippen molar-refractivity contribution < 1.29 is 13.9 Å². The Hall–Kier alpha value is -1.43. The summed E-state index contributed by atoms with van der Waals surface area (Å²) in [6.07, 6.45) is 4.01. The Balaban J connectivity index is 2.32. The lowest BCUT2D eigenvalue weighted by molar-refractivity contribution is 0.296. The third kappa shape index (κ3) is 2.53. The highest BCUT2D eigenvalue weighted by Gasteiger charge is 2.26. The molecule has 0 atom stereocenters. The highest BCUT2D eigenvalue weighted by molar-refractivity contribution is 5.48. The third-order valence-electron chi connectivity index (χ3n) is 3.32. The van der Waals surface area contributed by atoms with Crippen LogP contribution in [0.3, 0.4) is 0 Å². The van der Waals surface area contributed by atoms with Crippen molar-refractivity contribution in [3.63, 3.8) is 0 Å². The number of halogens is 2. The quantitative estimate of drug-likeness (QED) is 0.861. The zero-order chi connectivity index (χ0) is 13.1. The molecule has 0 unspecified atom stereocenters. The van der Waals surface area contributed by atoms with Crippen LogP contribution in [0.2, 0.25) is 0 Å². The highest BCUT2D eigenvalue weighted by Crippen LogP contribution is 2.29. The molecule has 1 heterocycles. The maximum Gasteiger partial charge on any atom is 0.168 e. The normalized spacial score (nSPS) is 16.2. The van der Waals surface area contributed by atoms with E-state index in [0.29, 0.717) is 0 Å². The molecule has 4 nitrogen and oxygen atoms in total. The summed E-state index contributed by atoms with van der Waals surface area (Å²) in [5.74, 6) is -1.86. The van der Waals surface area contributed by atoms with Gasteiger partial charge in [0.25, 0.3) is 0 Å². The molecule has 0 aromatic carbocycles. The Bertz CT molecular complexity index is 422. The topological polar surface area (TPSA) is 62.4 Å². The molecule has 0 saturated heterocycles. The van der Waals surface area contributed by atoms with Gasteiger partial charge in [-0.05, 0) is 12.8 Å². The number of aromatic nitrogens is 1. The molecule has 1 aliphatic carbocycles. The molecule has 0 bridgehead atoms. The number of nitrogens with two attached hydrogens (primary N) is 1. The SMILES string of the molecule is Nc1nc(N(CCO)C2CCCC2)c(F)cc1F. The maximum atomic E-state index is 13.8. The zero-order valence-corrected chi connectivity index (χ0v) is 10.1. The summed E-state index contributed by atoms with van der Waals surface area (Å²) in [6, 6.07) is 0.890. The lowest BCUT2D eigenvalue weighted by atomic mass is 10.2. The van der Waals surface area contributed by atoms with E-state index in [2.05, 4.69) is 4.98 Å². The van der Waals surface area contributed by atoms with Crippen molar-refractivity contribution in [2.24, 2.45) is 0 Å². The lowest BCUT2D eigenvalue weighted by Crippen LogP contribution is -2.37. The molecule has 100 valence electrons. The summed E-state index contributed by atoms with van der Waals surface area (Å²) in [4.78, 5) is 5.47. The number of nitrogen functional groups attached to an aromatic ring is 1. The van der Waals surface area contributed by atoms with Gasteiger partial charge in [-0.25, -0.2) is 13.8 Å². The minimum Gasteiger partial charge on any atom is -0.395 e. The molecule has 6 heteroatoms. The summed E-state index contributed by atoms with van der Waals surface area (Å²) < 4.78 is 26.9. The second-order valence-corrected chi connectivity index (χ2v) is 4.52. The first-order chi connectivity index (χ1) is 8.63. The molecule has 1 fully saturated rings. The van der Waals surface area contributed by atoms with Crippen LogP contribution in [-0.2, 0) is 0 Å². The molecule has 0 spiro atoms. The highest BCUT2D eigenvalue weighted by atomic mass is 19.1. The Labute approximate surface area is 104 Å². The van der Waals surface area contributed by atoms with E-state index in [9.17, 15) is 8.78 Å². The van der Waals surface area contributed by atoms with Gasteiger partial charge in [0, 0.05) is 18.7 Å². The van der Waals surface area contributed by atoms with E-state index < -0.39 is 11.6 Å². The molecule has 18 heavy (non-hydrogen) atoms. The minimum absolute atomic E-state index is 0.0369. The van der Waals surface area contributed by atoms with Gasteiger partial charge in [0.2, 0.25) is 0 Å². The van der Waals surface area contributed by atoms with Crippen molar-refractivity contribution in [1.82, 2.24) is 4.98 Å². The van der Waals surface area contributed by atoms with E-state index in [0.717, 1.165) is 31.7 Å². The van der Waals surface area contributed by atoms with Crippen molar-refractivity contribution >= 4 is 11.6 Å². The predicted octanol–water partition coefficient (Wildman–Crippen LogP) is 1.68. The van der Waals surface area contributed by atoms with E-state index in [1.165, 1.54) is 0 Å². The summed E-state index contributed by atoms with van der Waals surface area (Å²) >= 11 is 0. The maximum absolute atomic E-state index is 13.8. The Morgan fingerprint density at radius 2 is 2.00 bits per heavy atom. The standard InChI is InChI=1S/C12H17F2N3O/c13-9-7-10(14)12(16-11(9)15)17(5-6-18)8-3-1-2-4-8/h7-8,18H,1-6H2,(H2,15,16). The molecule has 1 aromatic rings. The van der Waals surface area contributed by atoms with E-state index in [1.54, 1.807) is 4.90 Å². The largest absolute Gasteiger partial charge is 0.395 e. The number of hydrogen-bond donors (Lipinski definition) is 2. The number of nitrogens with zero attached hydrogens (tertiary/aromatic N) is 2. The average molecular weight is 257 g/mol. The van der Waals surface area contributed by atoms with Crippen LogP contribution in [-0.4, -0.2) is 29.3 Å². The van der Waals surface area contributed by atoms with Gasteiger partial charge in [-0.1, -0.05) is 12.8 Å². The lowest BCUT2D eigenvalue weighted by Gasteiger charge is -2.29. The van der Waals surface area contributed by atoms with Crippen molar-refractivity contribution in [2.75, 3.05) is 23.8 Å². The van der Waals surface area contributed by atoms with Crippen molar-refractivity contribution in [1.29, 1.82) is 0 Å². The summed E-state index contributed by atoms with van der Waals surface area (Å²) in [6.45, 7) is 0.175. The zero-order valence-electron chi connectivity index (χ0n) is 10.1. The number of hydrogen-bond acceptors (Lipinski definition) is 4. The third-order valence-corrected chi connectivity index (χ3v) is 3.32. The number of pyridine rings is 1. The number of aliphatic hydroxyl groups excluding tert-OH is 1. The van der Waals surface area contributed by atoms with Crippen LogP contribution in [0.5, 0.6) is 0 Å². The number of aliphatic hydroxyl groups is 1. The molecule has 0 aliphatic heterocycles. The molecule has 2 rings (SSSR count). The van der Waals surface area contributed by atoms with Gasteiger partial charge < -0.3 is 15.7 Å². The summed E-state index contributed by atoms with van der Waals surface area (Å²) in [5.41, 5.74) is 5.38. The predicted molar refractivity (Wildman–Crippen MR) is 65.3 cm³/mol. The second kappa shape index (κ2) is 5.48. The van der Waals surface area contributed by atoms with Crippen LogP contribution in [0.1, 0.15) is 25.7 Å². The molecule has 0 amide bonds. The van der Waals surface area contributed by atoms with Crippen LogP contribution < -0.4 is 10.6 Å². The molecule has 3 N–H and O–H groups in total. The fourth-order valence-corrected chi connectivity index (χ4v) is 2.46. The van der Waals surface area contributed by atoms with Crippen LogP contribution in [0.15, 0.2) is 6.07 Å². The van der Waals surface area contributed by atoms with Crippen LogP contribution >= 0.6 is 0 Å². The van der Waals surface area contributed by atoms with Crippen molar-refractivity contribution in [3.05, 3.63) is 17.7 Å². The monoisotopic (exact) mass is 257 g/mol. The molecule has 1 saturated carbocycles. The van der Waals surface area contributed by atoms with E-state index in [1.807, 2.05) is 0 Å². The van der Waals surface area contributed by atoms with E-state index in [-0.39, 0.29) is 30.8 Å². The van der Waals surface area contributed by atoms with Crippen molar-refractivity contribution in [2.45, 2.75) is 31.7 Å². The molecule has 1 aliphatic rings. The van der Waals surface area contributed by atoms with Crippen LogP contribution in [0, 0.1) is 11.6 Å². The first-order valence-electron chi connectivity index (χ1n) is 6.12. The van der Waals surface area contributed by atoms with Gasteiger partial charge in [-0.2, -0.15) is 0 Å². The number of anilines is 2. The fourth-order valence-electron chi connectivity index (χ4n) is 2.46. The fraction of sp³-hybridized carbons (Fsp3) is 0.583. The van der Waals surface area contributed by atoms with Gasteiger partial charge in [-0.15, -0.1) is 0 Å². The Morgan fingerprint density at radius 3 is 2.61 bits per heavy atom. The minimum atomic E-state index is -0.855. The van der Waals surface area contributed by atoms with Crippen molar-refractivity contribution in [3.8, 4) is 0 Å². The van der Waals surface area contributed by atoms with E-state index in [4.69, 9.17) is 10.8 Å². The van der Waals surface area contributed by atoms with Gasteiger partial charge in [0.05, 0.1) is 6.61 Å². The molecular weight excluding hydrogens is 240 g/mol. The van der Waals surface area contributed by atoms with E-state index >= 15 is 0 Å². The Kier molecular flexibility index (Phi) is 3.96. The summed E-state index contributed by atoms with van der Waals surface area (Å²) in [7, 11) is 0. The first-order valence-corrected chi connectivity index (χ1v) is 6.12. The summed E-state index contributed by atoms with van der Waals surface area (Å²) in [5, 5.41) is 9.08. The number of rotatable bonds is 4. The van der Waals surface area contributed by atoms with Gasteiger partial charge in [0.15, 0.2) is 23.3 Å². The van der Waals surface area contributed by atoms with Gasteiger partial charge in [0.1, 0.15) is 0 Å². The molecule has 1 aromatic heterocycles. The van der Waals surface area contributed by atoms with Crippen LogP contribution in [0.25, 0.3) is 0 Å². The molecular formula is C12H17F2N3O. The average Bonchev–Trinajstić information content (AvgIpc) is 2.85. The van der Waals surface area contributed by atoms with Gasteiger partial charge >= 0.3 is 0 Å². The first kappa shape index (κ1) is 13.0. The van der Waals surface area contributed by atoms with Gasteiger partial charge in [-0.3, -0.25) is 0 Å². The van der Waals surface area contributed by atoms with Crippen LogP contribution in [0.4, 0.5) is 20.4 Å².